The summed E-state index contributed by atoms with van der Waals surface area (Å²) in [5.41, 5.74) is 2.50. The molecule has 0 spiro atoms. The van der Waals surface area contributed by atoms with Crippen molar-refractivity contribution < 1.29 is 4.74 Å². The van der Waals surface area contributed by atoms with E-state index in [2.05, 4.69) is 62.3 Å². The number of thiophene rings is 1. The molecule has 1 aromatic carbocycles. The van der Waals surface area contributed by atoms with Crippen LogP contribution >= 0.6 is 43.2 Å². The summed E-state index contributed by atoms with van der Waals surface area (Å²) in [7, 11) is 1.72. The molecule has 0 amide bonds. The molecule has 0 fully saturated rings. The summed E-state index contributed by atoms with van der Waals surface area (Å²) in [6.07, 6.45) is 0.902. The predicted octanol–water partition coefficient (Wildman–Crippen LogP) is 5.18. The van der Waals surface area contributed by atoms with Crippen molar-refractivity contribution in [2.45, 2.75) is 19.4 Å². The Kier molecular flexibility index (Phi) is 6.08. The molecule has 2 nitrogen and oxygen atoms in total. The van der Waals surface area contributed by atoms with Crippen LogP contribution in [0.3, 0.4) is 0 Å². The highest BCUT2D eigenvalue weighted by atomic mass is 79.9. The monoisotopic (exact) mass is 417 g/mol. The Morgan fingerprint density at radius 3 is 2.65 bits per heavy atom. The van der Waals surface area contributed by atoms with E-state index >= 15 is 0 Å². The maximum atomic E-state index is 5.45. The predicted molar refractivity (Wildman–Crippen MR) is 92.8 cm³/mol. The van der Waals surface area contributed by atoms with Crippen molar-refractivity contribution in [3.63, 3.8) is 0 Å². The van der Waals surface area contributed by atoms with Gasteiger partial charge in [-0.25, -0.2) is 0 Å². The van der Waals surface area contributed by atoms with Crippen LogP contribution in [0.4, 0.5) is 0 Å². The molecule has 2 aromatic rings. The number of hydrogen-bond acceptors (Lipinski definition) is 3. The van der Waals surface area contributed by atoms with E-state index in [1.54, 1.807) is 18.4 Å². The molecule has 0 aliphatic rings. The van der Waals surface area contributed by atoms with E-state index in [1.807, 2.05) is 12.1 Å². The topological polar surface area (TPSA) is 21.3 Å². The number of hydrogen-bond donors (Lipinski definition) is 1. The molecule has 1 N–H and O–H groups in total. The van der Waals surface area contributed by atoms with E-state index < -0.39 is 0 Å². The average molecular weight is 419 g/mol. The first kappa shape index (κ1) is 16.0. The average Bonchev–Trinajstić information content (AvgIpc) is 2.78. The number of likely N-dealkylation sites (N-methyl/N-ethyl adjacent to an activating group) is 1. The van der Waals surface area contributed by atoms with Gasteiger partial charge in [0, 0.05) is 6.04 Å². The summed E-state index contributed by atoms with van der Waals surface area (Å²) in [4.78, 5) is 0. The van der Waals surface area contributed by atoms with Gasteiger partial charge in [-0.05, 0) is 68.1 Å². The lowest BCUT2D eigenvalue weighted by atomic mass is 10.0. The Balaban J connectivity index is 2.28. The molecule has 2 rings (SSSR count). The molecule has 0 saturated carbocycles. The SMILES string of the molecule is CCNC(Cc1ccccc1OC)c1cc(Br)sc1Br. The number of halogens is 2. The highest BCUT2D eigenvalue weighted by Gasteiger charge is 2.18. The molecule has 0 bridgehead atoms. The summed E-state index contributed by atoms with van der Waals surface area (Å²) in [5, 5.41) is 3.55. The molecule has 0 radical (unpaired) electrons. The van der Waals surface area contributed by atoms with Crippen molar-refractivity contribution in [3.05, 3.63) is 49.0 Å². The van der Waals surface area contributed by atoms with E-state index in [0.717, 1.165) is 22.5 Å². The Bertz CT molecular complexity index is 571. The second-order valence-electron chi connectivity index (χ2n) is 4.41. The van der Waals surface area contributed by atoms with Gasteiger partial charge in [0.1, 0.15) is 5.75 Å². The highest BCUT2D eigenvalue weighted by molar-refractivity contribution is 9.12. The molecule has 108 valence electrons. The zero-order valence-corrected chi connectivity index (χ0v) is 15.4. The maximum Gasteiger partial charge on any atom is 0.122 e. The molecule has 0 saturated heterocycles. The quantitative estimate of drug-likeness (QED) is 0.698. The molecule has 0 aliphatic heterocycles. The van der Waals surface area contributed by atoms with E-state index in [9.17, 15) is 0 Å². The van der Waals surface area contributed by atoms with Gasteiger partial charge in [0.05, 0.1) is 14.7 Å². The second kappa shape index (κ2) is 7.59. The largest absolute Gasteiger partial charge is 0.496 e. The molecule has 1 unspecified atom stereocenters. The van der Waals surface area contributed by atoms with Crippen LogP contribution in [0.25, 0.3) is 0 Å². The van der Waals surface area contributed by atoms with Gasteiger partial charge in [-0.3, -0.25) is 0 Å². The molecule has 1 atom stereocenters. The number of ether oxygens (including phenoxy) is 1. The minimum atomic E-state index is 0.272. The van der Waals surface area contributed by atoms with Gasteiger partial charge in [-0.2, -0.15) is 0 Å². The number of methoxy groups -OCH3 is 1. The van der Waals surface area contributed by atoms with Crippen LogP contribution in [0.2, 0.25) is 0 Å². The molecule has 20 heavy (non-hydrogen) atoms. The Hall–Kier alpha value is -0.360. The molecular weight excluding hydrogens is 402 g/mol. The van der Waals surface area contributed by atoms with Crippen LogP contribution in [0.5, 0.6) is 5.75 Å². The summed E-state index contributed by atoms with van der Waals surface area (Å²) in [6, 6.07) is 10.6. The molecule has 0 aliphatic carbocycles. The van der Waals surface area contributed by atoms with E-state index in [0.29, 0.717) is 0 Å². The fourth-order valence-corrected chi connectivity index (χ4v) is 5.19. The smallest absolute Gasteiger partial charge is 0.122 e. The Labute approximate surface area is 140 Å². The fraction of sp³-hybridized carbons (Fsp3) is 0.333. The van der Waals surface area contributed by atoms with Crippen LogP contribution in [0.15, 0.2) is 37.9 Å². The summed E-state index contributed by atoms with van der Waals surface area (Å²) >= 11 is 8.91. The molecule has 1 aromatic heterocycles. The third-order valence-corrected chi connectivity index (χ3v) is 5.51. The van der Waals surface area contributed by atoms with Crippen LogP contribution < -0.4 is 10.1 Å². The first-order valence-corrected chi connectivity index (χ1v) is 8.86. The number of rotatable bonds is 6. The lowest BCUT2D eigenvalue weighted by molar-refractivity contribution is 0.405. The highest BCUT2D eigenvalue weighted by Crippen LogP contribution is 2.37. The van der Waals surface area contributed by atoms with E-state index in [4.69, 9.17) is 4.74 Å². The summed E-state index contributed by atoms with van der Waals surface area (Å²) in [6.45, 7) is 3.06. The van der Waals surface area contributed by atoms with Crippen LogP contribution in [-0.2, 0) is 6.42 Å². The van der Waals surface area contributed by atoms with Crippen LogP contribution in [0.1, 0.15) is 24.1 Å². The summed E-state index contributed by atoms with van der Waals surface area (Å²) in [5.74, 6) is 0.945. The van der Waals surface area contributed by atoms with Gasteiger partial charge < -0.3 is 10.1 Å². The Morgan fingerprint density at radius 1 is 1.30 bits per heavy atom. The normalized spacial score (nSPS) is 12.4. The minimum absolute atomic E-state index is 0.272. The van der Waals surface area contributed by atoms with Gasteiger partial charge in [0.2, 0.25) is 0 Å². The van der Waals surface area contributed by atoms with Crippen molar-refractivity contribution in [1.82, 2.24) is 5.32 Å². The number of nitrogens with one attached hydrogen (secondary N) is 1. The zero-order valence-electron chi connectivity index (χ0n) is 11.5. The van der Waals surface area contributed by atoms with Crippen molar-refractivity contribution >= 4 is 43.2 Å². The zero-order chi connectivity index (χ0) is 14.5. The molecule has 1 heterocycles. The second-order valence-corrected chi connectivity index (χ2v) is 8.16. The minimum Gasteiger partial charge on any atom is -0.496 e. The van der Waals surface area contributed by atoms with E-state index in [-0.39, 0.29) is 6.04 Å². The van der Waals surface area contributed by atoms with Crippen molar-refractivity contribution in [1.29, 1.82) is 0 Å². The first-order chi connectivity index (χ1) is 9.65. The molecular formula is C15H17Br2NOS. The van der Waals surface area contributed by atoms with Crippen molar-refractivity contribution in [3.8, 4) is 5.75 Å². The van der Waals surface area contributed by atoms with Gasteiger partial charge >= 0.3 is 0 Å². The van der Waals surface area contributed by atoms with Gasteiger partial charge in [-0.1, -0.05) is 25.1 Å². The Morgan fingerprint density at radius 2 is 2.05 bits per heavy atom. The van der Waals surface area contributed by atoms with Gasteiger partial charge in [0.15, 0.2) is 0 Å². The van der Waals surface area contributed by atoms with Crippen molar-refractivity contribution in [2.24, 2.45) is 0 Å². The maximum absolute atomic E-state index is 5.45. The fourth-order valence-electron chi connectivity index (χ4n) is 2.22. The standard InChI is InChI=1S/C15H17Br2NOS/c1-3-18-12(11-9-14(16)20-15(11)17)8-10-6-4-5-7-13(10)19-2/h4-7,9,12,18H,3,8H2,1-2H3. The third-order valence-electron chi connectivity index (χ3n) is 3.13. The lowest BCUT2D eigenvalue weighted by Gasteiger charge is -2.19. The third kappa shape index (κ3) is 3.85. The summed E-state index contributed by atoms with van der Waals surface area (Å²) < 4.78 is 7.76. The number of para-hydroxylation sites is 1. The van der Waals surface area contributed by atoms with E-state index in [1.165, 1.54) is 14.9 Å². The first-order valence-electron chi connectivity index (χ1n) is 6.45. The van der Waals surface area contributed by atoms with Gasteiger partial charge in [0.25, 0.3) is 0 Å². The number of benzene rings is 1. The van der Waals surface area contributed by atoms with Gasteiger partial charge in [-0.15, -0.1) is 11.3 Å². The van der Waals surface area contributed by atoms with Crippen LogP contribution in [-0.4, -0.2) is 13.7 Å². The van der Waals surface area contributed by atoms with Crippen LogP contribution in [0, 0.1) is 0 Å². The van der Waals surface area contributed by atoms with Crippen molar-refractivity contribution in [2.75, 3.05) is 13.7 Å². The lowest BCUT2D eigenvalue weighted by Crippen LogP contribution is -2.23. The molecule has 5 heteroatoms.